The number of anilines is 1. The summed E-state index contributed by atoms with van der Waals surface area (Å²) in [7, 11) is 0. The maximum absolute atomic E-state index is 13.0. The summed E-state index contributed by atoms with van der Waals surface area (Å²) in [5.74, 6) is 0.459. The number of aromatic amines is 1. The zero-order chi connectivity index (χ0) is 24.0. The Labute approximate surface area is 207 Å². The maximum Gasteiger partial charge on any atom is 0.228 e. The van der Waals surface area contributed by atoms with Gasteiger partial charge in [0.15, 0.2) is 0 Å². The van der Waals surface area contributed by atoms with E-state index in [-0.39, 0.29) is 5.91 Å². The average molecular weight is 478 g/mol. The van der Waals surface area contributed by atoms with Gasteiger partial charge in [-0.25, -0.2) is 0 Å². The number of aryl methyl sites for hydroxylation is 1. The van der Waals surface area contributed by atoms with Gasteiger partial charge in [-0.1, -0.05) is 90.1 Å². The minimum atomic E-state index is -0.0626. The molecule has 5 rings (SSSR count). The zero-order valence-corrected chi connectivity index (χ0v) is 19.9. The number of H-pyrrole nitrogens is 1. The predicted octanol–water partition coefficient (Wildman–Crippen LogP) is 6.17. The lowest BCUT2D eigenvalue weighted by atomic mass is 9.99. The first-order valence-electron chi connectivity index (χ1n) is 11.2. The van der Waals surface area contributed by atoms with Gasteiger partial charge in [0.1, 0.15) is 0 Å². The molecule has 2 N–H and O–H groups in total. The van der Waals surface area contributed by atoms with Crippen molar-refractivity contribution in [3.8, 4) is 22.5 Å². The summed E-state index contributed by atoms with van der Waals surface area (Å²) in [5, 5.41) is 17.7. The number of tetrazole rings is 1. The molecule has 35 heavy (non-hydrogen) atoms. The molecule has 0 atom stereocenters. The number of hydrogen-bond acceptors (Lipinski definition) is 5. The highest BCUT2D eigenvalue weighted by atomic mass is 32.2. The van der Waals surface area contributed by atoms with Crippen molar-refractivity contribution in [2.45, 2.75) is 23.1 Å². The summed E-state index contributed by atoms with van der Waals surface area (Å²) >= 11 is 1.62. The van der Waals surface area contributed by atoms with Gasteiger partial charge in [-0.05, 0) is 53.1 Å². The first-order valence-corrected chi connectivity index (χ1v) is 12.0. The highest BCUT2D eigenvalue weighted by Crippen LogP contribution is 2.38. The third kappa shape index (κ3) is 5.47. The Hall–Kier alpha value is -4.23. The number of hydrogen-bond donors (Lipinski definition) is 2. The van der Waals surface area contributed by atoms with Crippen LogP contribution in [0.2, 0.25) is 0 Å². The number of carbonyl (C=O) groups excluding carboxylic acids is 1. The van der Waals surface area contributed by atoms with Gasteiger partial charge in [-0.3, -0.25) is 4.79 Å². The molecule has 0 saturated carbocycles. The summed E-state index contributed by atoms with van der Waals surface area (Å²) in [6.45, 7) is 2.04. The molecule has 172 valence electrons. The monoisotopic (exact) mass is 477 g/mol. The number of nitrogens with zero attached hydrogens (tertiary/aromatic N) is 3. The molecule has 0 aliphatic carbocycles. The van der Waals surface area contributed by atoms with Crippen molar-refractivity contribution in [1.82, 2.24) is 20.6 Å². The normalized spacial score (nSPS) is 10.8. The lowest BCUT2D eigenvalue weighted by molar-refractivity contribution is -0.115. The molecule has 0 radical (unpaired) electrons. The van der Waals surface area contributed by atoms with Crippen LogP contribution >= 0.6 is 11.8 Å². The fourth-order valence-corrected chi connectivity index (χ4v) is 4.69. The Kier molecular flexibility index (Phi) is 6.68. The van der Waals surface area contributed by atoms with Crippen LogP contribution in [-0.4, -0.2) is 26.5 Å². The molecule has 6 nitrogen and oxygen atoms in total. The van der Waals surface area contributed by atoms with E-state index < -0.39 is 0 Å². The molecule has 0 aliphatic rings. The molecule has 5 aromatic rings. The van der Waals surface area contributed by atoms with Crippen molar-refractivity contribution in [3.63, 3.8) is 0 Å². The number of aromatic nitrogens is 4. The molecule has 0 aliphatic heterocycles. The second-order valence-corrected chi connectivity index (χ2v) is 9.23. The van der Waals surface area contributed by atoms with Crippen molar-refractivity contribution in [2.75, 3.05) is 5.32 Å². The molecule has 1 amide bonds. The smallest absolute Gasteiger partial charge is 0.228 e. The Bertz CT molecular complexity index is 1430. The van der Waals surface area contributed by atoms with Crippen molar-refractivity contribution >= 4 is 23.4 Å². The van der Waals surface area contributed by atoms with E-state index in [0.717, 1.165) is 37.7 Å². The van der Waals surface area contributed by atoms with Crippen LogP contribution in [0.3, 0.4) is 0 Å². The van der Waals surface area contributed by atoms with Gasteiger partial charge < -0.3 is 5.32 Å². The average Bonchev–Trinajstić information content (AvgIpc) is 3.42. The van der Waals surface area contributed by atoms with Crippen LogP contribution in [0.25, 0.3) is 22.5 Å². The van der Waals surface area contributed by atoms with Crippen molar-refractivity contribution in [2.24, 2.45) is 0 Å². The van der Waals surface area contributed by atoms with Gasteiger partial charge in [-0.15, -0.1) is 10.2 Å². The van der Waals surface area contributed by atoms with Gasteiger partial charge >= 0.3 is 0 Å². The van der Waals surface area contributed by atoms with E-state index in [4.69, 9.17) is 0 Å². The van der Waals surface area contributed by atoms with Gasteiger partial charge in [0.25, 0.3) is 0 Å². The predicted molar refractivity (Wildman–Crippen MR) is 139 cm³/mol. The molecule has 0 unspecified atom stereocenters. The van der Waals surface area contributed by atoms with Crippen molar-refractivity contribution < 1.29 is 4.79 Å². The zero-order valence-electron chi connectivity index (χ0n) is 19.1. The van der Waals surface area contributed by atoms with E-state index in [0.29, 0.717) is 12.2 Å². The standard InChI is InChI=1S/C28H23N5OS/c1-19-11-13-20(14-12-19)17-27(34)29-25-18-21(15-16-26(25)35-22-7-3-2-4-8-22)23-9-5-6-10-24(23)28-30-32-33-31-28/h2-16,18H,17H2,1H3,(H,29,34)(H,30,31,32,33). The Morgan fingerprint density at radius 2 is 1.63 bits per heavy atom. The summed E-state index contributed by atoms with van der Waals surface area (Å²) in [6, 6.07) is 32.2. The lowest BCUT2D eigenvalue weighted by Crippen LogP contribution is -2.15. The van der Waals surface area contributed by atoms with Crippen LogP contribution in [0.15, 0.2) is 107 Å². The molecular weight excluding hydrogens is 454 g/mol. The van der Waals surface area contributed by atoms with Crippen molar-refractivity contribution in [1.29, 1.82) is 0 Å². The number of benzene rings is 4. The molecule has 4 aromatic carbocycles. The molecule has 7 heteroatoms. The molecule has 0 fully saturated rings. The van der Waals surface area contributed by atoms with Gasteiger partial charge in [0.05, 0.1) is 12.1 Å². The van der Waals surface area contributed by atoms with E-state index in [2.05, 4.69) is 44.1 Å². The van der Waals surface area contributed by atoms with Gasteiger partial charge in [0.2, 0.25) is 11.7 Å². The third-order valence-corrected chi connectivity index (χ3v) is 6.62. The Balaban J connectivity index is 1.50. The topological polar surface area (TPSA) is 83.6 Å². The maximum atomic E-state index is 13.0. The van der Waals surface area contributed by atoms with Gasteiger partial charge in [-0.2, -0.15) is 5.21 Å². The van der Waals surface area contributed by atoms with Crippen LogP contribution in [0, 0.1) is 6.92 Å². The van der Waals surface area contributed by atoms with E-state index in [1.807, 2.05) is 85.8 Å². The Morgan fingerprint density at radius 1 is 0.886 bits per heavy atom. The van der Waals surface area contributed by atoms with E-state index >= 15 is 0 Å². The number of amides is 1. The summed E-state index contributed by atoms with van der Waals surface area (Å²) in [5.41, 5.74) is 5.68. The first kappa shape index (κ1) is 22.6. The minimum absolute atomic E-state index is 0.0626. The number of rotatable bonds is 7. The second kappa shape index (κ2) is 10.4. The fourth-order valence-electron chi connectivity index (χ4n) is 3.79. The van der Waals surface area contributed by atoms with E-state index in [1.54, 1.807) is 11.8 Å². The van der Waals surface area contributed by atoms with Gasteiger partial charge in [0, 0.05) is 15.4 Å². The quantitative estimate of drug-likeness (QED) is 0.293. The largest absolute Gasteiger partial charge is 0.325 e. The molecule has 0 bridgehead atoms. The molecule has 1 heterocycles. The van der Waals surface area contributed by atoms with Crippen LogP contribution in [-0.2, 0) is 11.2 Å². The summed E-state index contributed by atoms with van der Waals surface area (Å²) < 4.78 is 0. The van der Waals surface area contributed by atoms with Crippen LogP contribution in [0.1, 0.15) is 11.1 Å². The fraction of sp³-hybridized carbons (Fsp3) is 0.0714. The van der Waals surface area contributed by atoms with E-state index in [1.165, 1.54) is 5.56 Å². The third-order valence-electron chi connectivity index (χ3n) is 5.53. The minimum Gasteiger partial charge on any atom is -0.325 e. The van der Waals surface area contributed by atoms with Crippen LogP contribution in [0.4, 0.5) is 5.69 Å². The molecule has 1 aromatic heterocycles. The molecule has 0 spiro atoms. The summed E-state index contributed by atoms with van der Waals surface area (Å²) in [4.78, 5) is 15.1. The molecule has 0 saturated heterocycles. The number of nitrogens with one attached hydrogen (secondary N) is 2. The van der Waals surface area contributed by atoms with Crippen molar-refractivity contribution in [3.05, 3.63) is 108 Å². The first-order chi connectivity index (χ1) is 17.2. The van der Waals surface area contributed by atoms with Crippen LogP contribution < -0.4 is 5.32 Å². The van der Waals surface area contributed by atoms with E-state index in [9.17, 15) is 4.79 Å². The SMILES string of the molecule is Cc1ccc(CC(=O)Nc2cc(-c3ccccc3-c3nn[nH]n3)ccc2Sc2ccccc2)cc1. The highest BCUT2D eigenvalue weighted by Gasteiger charge is 2.15. The Morgan fingerprint density at radius 3 is 2.37 bits per heavy atom. The van der Waals surface area contributed by atoms with Crippen LogP contribution in [0.5, 0.6) is 0 Å². The summed E-state index contributed by atoms with van der Waals surface area (Å²) in [6.07, 6.45) is 0.305. The highest BCUT2D eigenvalue weighted by molar-refractivity contribution is 7.99. The molecular formula is C28H23N5OS. The second-order valence-electron chi connectivity index (χ2n) is 8.12. The lowest BCUT2D eigenvalue weighted by Gasteiger charge is -2.15. The number of carbonyl (C=O) groups is 1.